The van der Waals surface area contributed by atoms with Crippen LogP contribution in [0.4, 0.5) is 13.2 Å². The standard InChI is InChI=1S/C16H17F3N4OS/c1-10(12-5-3-4-6-13(12)16(17,18)19)9-14(24)20-7-8-23-11(2)21-22-15(23)25/h3-6,9H,7-8H2,1-2H3,(H,20,24)(H,22,25)/b10-9-. The van der Waals surface area contributed by atoms with Crippen molar-refractivity contribution in [2.24, 2.45) is 0 Å². The van der Waals surface area contributed by atoms with E-state index in [0.717, 1.165) is 12.1 Å². The van der Waals surface area contributed by atoms with Crippen LogP contribution in [0.3, 0.4) is 0 Å². The van der Waals surface area contributed by atoms with Crippen molar-refractivity contribution in [1.29, 1.82) is 0 Å². The van der Waals surface area contributed by atoms with Crippen LogP contribution < -0.4 is 5.32 Å². The lowest BCUT2D eigenvalue weighted by Gasteiger charge is -2.13. The number of carbonyl (C=O) groups is 1. The van der Waals surface area contributed by atoms with Crippen LogP contribution in [0.25, 0.3) is 5.57 Å². The molecular formula is C16H17F3N4OS. The predicted octanol–water partition coefficient (Wildman–Crippen LogP) is 3.49. The summed E-state index contributed by atoms with van der Waals surface area (Å²) >= 11 is 5.05. The highest BCUT2D eigenvalue weighted by Gasteiger charge is 2.33. The first-order valence-electron chi connectivity index (χ1n) is 7.44. The summed E-state index contributed by atoms with van der Waals surface area (Å²) in [5.41, 5.74) is -0.545. The fourth-order valence-electron chi connectivity index (χ4n) is 2.35. The number of aromatic nitrogens is 3. The summed E-state index contributed by atoms with van der Waals surface area (Å²) in [6.45, 7) is 3.93. The van der Waals surface area contributed by atoms with Crippen LogP contribution in [0, 0.1) is 11.7 Å². The van der Waals surface area contributed by atoms with E-state index in [1.54, 1.807) is 11.5 Å². The van der Waals surface area contributed by atoms with Gasteiger partial charge in [0.2, 0.25) is 5.91 Å². The van der Waals surface area contributed by atoms with E-state index < -0.39 is 17.6 Å². The Kier molecular flexibility index (Phi) is 5.78. The molecule has 1 aromatic carbocycles. The summed E-state index contributed by atoms with van der Waals surface area (Å²) in [6, 6.07) is 5.16. The smallest absolute Gasteiger partial charge is 0.351 e. The van der Waals surface area contributed by atoms with E-state index in [0.29, 0.717) is 17.1 Å². The zero-order valence-corrected chi connectivity index (χ0v) is 14.5. The number of hydrogen-bond donors (Lipinski definition) is 2. The highest BCUT2D eigenvalue weighted by atomic mass is 32.1. The molecule has 25 heavy (non-hydrogen) atoms. The molecule has 0 radical (unpaired) electrons. The van der Waals surface area contributed by atoms with Crippen LogP contribution >= 0.6 is 12.2 Å². The third-order valence-corrected chi connectivity index (χ3v) is 3.90. The Morgan fingerprint density at radius 1 is 1.40 bits per heavy atom. The van der Waals surface area contributed by atoms with Gasteiger partial charge in [-0.05, 0) is 43.3 Å². The van der Waals surface area contributed by atoms with E-state index in [1.165, 1.54) is 25.1 Å². The minimum atomic E-state index is -4.47. The molecule has 0 fully saturated rings. The van der Waals surface area contributed by atoms with Crippen molar-refractivity contribution >= 4 is 23.7 Å². The van der Waals surface area contributed by atoms with Gasteiger partial charge in [0.25, 0.3) is 0 Å². The van der Waals surface area contributed by atoms with E-state index in [1.807, 2.05) is 0 Å². The van der Waals surface area contributed by atoms with E-state index in [9.17, 15) is 18.0 Å². The average molecular weight is 370 g/mol. The summed E-state index contributed by atoms with van der Waals surface area (Å²) in [7, 11) is 0. The quantitative estimate of drug-likeness (QED) is 0.626. The maximum Gasteiger partial charge on any atom is 0.416 e. The molecule has 0 unspecified atom stereocenters. The van der Waals surface area contributed by atoms with Gasteiger partial charge in [-0.15, -0.1) is 0 Å². The number of benzene rings is 1. The molecule has 134 valence electrons. The Bertz CT molecular complexity index is 852. The molecule has 0 spiro atoms. The van der Waals surface area contributed by atoms with Crippen LogP contribution in [0.15, 0.2) is 30.3 Å². The molecular weight excluding hydrogens is 353 g/mol. The summed E-state index contributed by atoms with van der Waals surface area (Å²) < 4.78 is 41.3. The molecule has 9 heteroatoms. The molecule has 0 saturated heterocycles. The van der Waals surface area contributed by atoms with Crippen molar-refractivity contribution in [2.75, 3.05) is 6.54 Å². The van der Waals surface area contributed by atoms with Gasteiger partial charge < -0.3 is 9.88 Å². The summed E-state index contributed by atoms with van der Waals surface area (Å²) in [4.78, 5) is 12.0. The van der Waals surface area contributed by atoms with Crippen LogP contribution in [0.2, 0.25) is 0 Å². The second-order valence-corrected chi connectivity index (χ2v) is 5.78. The Morgan fingerprint density at radius 3 is 2.68 bits per heavy atom. The molecule has 2 rings (SSSR count). The number of amides is 1. The predicted molar refractivity (Wildman–Crippen MR) is 90.3 cm³/mol. The third kappa shape index (κ3) is 4.79. The Hall–Kier alpha value is -2.42. The van der Waals surface area contributed by atoms with Gasteiger partial charge in [-0.25, -0.2) is 0 Å². The highest BCUT2D eigenvalue weighted by Crippen LogP contribution is 2.34. The molecule has 0 bridgehead atoms. The van der Waals surface area contributed by atoms with E-state index in [-0.39, 0.29) is 17.7 Å². The Labute approximate surface area is 147 Å². The molecule has 1 aromatic heterocycles. The number of aromatic amines is 1. The lowest BCUT2D eigenvalue weighted by molar-refractivity contribution is -0.137. The molecule has 5 nitrogen and oxygen atoms in total. The number of halogens is 3. The van der Waals surface area contributed by atoms with Crippen LogP contribution in [0.5, 0.6) is 0 Å². The second-order valence-electron chi connectivity index (χ2n) is 5.39. The lowest BCUT2D eigenvalue weighted by atomic mass is 10.00. The normalized spacial score (nSPS) is 12.3. The number of nitrogens with zero attached hydrogens (tertiary/aromatic N) is 2. The van der Waals surface area contributed by atoms with Gasteiger partial charge in [0.15, 0.2) is 4.77 Å². The average Bonchev–Trinajstić information content (AvgIpc) is 2.86. The van der Waals surface area contributed by atoms with E-state index in [4.69, 9.17) is 12.2 Å². The van der Waals surface area contributed by atoms with Gasteiger partial charge >= 0.3 is 6.18 Å². The van der Waals surface area contributed by atoms with Gasteiger partial charge in [0, 0.05) is 19.2 Å². The van der Waals surface area contributed by atoms with Gasteiger partial charge in [-0.1, -0.05) is 18.2 Å². The van der Waals surface area contributed by atoms with Crippen molar-refractivity contribution in [1.82, 2.24) is 20.1 Å². The van der Waals surface area contributed by atoms with Crippen molar-refractivity contribution in [2.45, 2.75) is 26.6 Å². The van der Waals surface area contributed by atoms with Crippen molar-refractivity contribution in [3.05, 3.63) is 52.1 Å². The maximum absolute atomic E-state index is 13.0. The molecule has 0 aliphatic rings. The van der Waals surface area contributed by atoms with Crippen LogP contribution in [-0.4, -0.2) is 27.2 Å². The van der Waals surface area contributed by atoms with Crippen LogP contribution in [0.1, 0.15) is 23.9 Å². The van der Waals surface area contributed by atoms with Gasteiger partial charge in [-0.2, -0.15) is 18.3 Å². The minimum absolute atomic E-state index is 0.0157. The largest absolute Gasteiger partial charge is 0.416 e. The summed E-state index contributed by atoms with van der Waals surface area (Å²) in [5, 5.41) is 9.21. The van der Waals surface area contributed by atoms with Gasteiger partial charge in [0.05, 0.1) is 5.56 Å². The van der Waals surface area contributed by atoms with Crippen molar-refractivity contribution in [3.8, 4) is 0 Å². The molecule has 1 heterocycles. The fraction of sp³-hybridized carbons (Fsp3) is 0.312. The lowest BCUT2D eigenvalue weighted by Crippen LogP contribution is -2.26. The van der Waals surface area contributed by atoms with E-state index >= 15 is 0 Å². The zero-order chi connectivity index (χ0) is 18.6. The second kappa shape index (κ2) is 7.64. The molecule has 0 aliphatic carbocycles. The Morgan fingerprint density at radius 2 is 2.08 bits per heavy atom. The van der Waals surface area contributed by atoms with Crippen molar-refractivity contribution in [3.63, 3.8) is 0 Å². The highest BCUT2D eigenvalue weighted by molar-refractivity contribution is 7.71. The summed E-state index contributed by atoms with van der Waals surface area (Å²) in [6.07, 6.45) is -3.32. The first-order chi connectivity index (χ1) is 11.7. The van der Waals surface area contributed by atoms with Crippen LogP contribution in [-0.2, 0) is 17.5 Å². The number of nitrogens with one attached hydrogen (secondary N) is 2. The third-order valence-electron chi connectivity index (χ3n) is 3.59. The molecule has 1 amide bonds. The number of rotatable bonds is 5. The first-order valence-corrected chi connectivity index (χ1v) is 7.85. The molecule has 2 N–H and O–H groups in total. The number of aryl methyl sites for hydroxylation is 1. The first kappa shape index (κ1) is 18.9. The molecule has 0 atom stereocenters. The molecule has 0 aliphatic heterocycles. The topological polar surface area (TPSA) is 62.7 Å². The SMILES string of the molecule is C/C(=C/C(=O)NCCn1c(C)n[nH]c1=S)c1ccccc1C(F)(F)F. The van der Waals surface area contributed by atoms with E-state index in [2.05, 4.69) is 15.5 Å². The Balaban J connectivity index is 2.05. The minimum Gasteiger partial charge on any atom is -0.351 e. The number of alkyl halides is 3. The fourth-order valence-corrected chi connectivity index (χ4v) is 2.62. The monoisotopic (exact) mass is 370 g/mol. The van der Waals surface area contributed by atoms with Gasteiger partial charge in [0.1, 0.15) is 5.82 Å². The number of H-pyrrole nitrogens is 1. The number of hydrogen-bond acceptors (Lipinski definition) is 3. The van der Waals surface area contributed by atoms with Crippen molar-refractivity contribution < 1.29 is 18.0 Å². The number of carbonyl (C=O) groups excluding carboxylic acids is 1. The maximum atomic E-state index is 13.0. The zero-order valence-electron chi connectivity index (χ0n) is 13.6. The van der Waals surface area contributed by atoms with Gasteiger partial charge in [-0.3, -0.25) is 9.89 Å². The summed E-state index contributed by atoms with van der Waals surface area (Å²) in [5.74, 6) is 0.215. The molecule has 2 aromatic rings. The number of allylic oxidation sites excluding steroid dienone is 1. The molecule has 0 saturated carbocycles.